The lowest BCUT2D eigenvalue weighted by Gasteiger charge is -2.14. The Morgan fingerprint density at radius 3 is 2.53 bits per heavy atom. The highest BCUT2D eigenvalue weighted by atomic mass is 32.2. The van der Waals surface area contributed by atoms with Crippen LogP contribution in [0.3, 0.4) is 0 Å². The molecule has 2 rings (SSSR count). The Morgan fingerprint density at radius 2 is 2.05 bits per heavy atom. The number of nitrogens with one attached hydrogen (secondary N) is 1. The lowest BCUT2D eigenvalue weighted by molar-refractivity contribution is 0.0600. The minimum Gasteiger partial charge on any atom is -0.465 e. The van der Waals surface area contributed by atoms with Crippen LogP contribution in [0, 0.1) is 0 Å². The maximum absolute atomic E-state index is 12.2. The number of hydrogen-bond acceptors (Lipinski definition) is 5. The number of hydrogen-bond donors (Lipinski definition) is 2. The summed E-state index contributed by atoms with van der Waals surface area (Å²) in [5.74, 6) is -0.558. The summed E-state index contributed by atoms with van der Waals surface area (Å²) in [5.41, 5.74) is 5.59. The van der Waals surface area contributed by atoms with Crippen LogP contribution >= 0.6 is 0 Å². The Labute approximate surface area is 112 Å². The molecule has 3 N–H and O–H groups in total. The largest absolute Gasteiger partial charge is 0.465 e. The van der Waals surface area contributed by atoms with Crippen molar-refractivity contribution >= 4 is 21.7 Å². The van der Waals surface area contributed by atoms with E-state index in [1.165, 1.54) is 25.3 Å². The van der Waals surface area contributed by atoms with Gasteiger partial charge in [-0.05, 0) is 38.0 Å². The number of anilines is 1. The third-order valence-electron chi connectivity index (χ3n) is 3.10. The highest BCUT2D eigenvalue weighted by molar-refractivity contribution is 7.89. The number of nitrogen functional groups attached to an aromatic ring is 1. The molecule has 104 valence electrons. The Morgan fingerprint density at radius 1 is 1.42 bits per heavy atom. The first kappa shape index (κ1) is 13.8. The molecular weight excluding hydrogens is 268 g/mol. The second-order valence-corrected chi connectivity index (χ2v) is 6.56. The topological polar surface area (TPSA) is 98.5 Å². The fraction of sp³-hybridized carbons (Fsp3) is 0.417. The molecule has 0 atom stereocenters. The molecule has 1 fully saturated rings. The van der Waals surface area contributed by atoms with E-state index in [4.69, 9.17) is 5.73 Å². The molecule has 19 heavy (non-hydrogen) atoms. The predicted molar refractivity (Wildman–Crippen MR) is 70.2 cm³/mol. The number of esters is 1. The van der Waals surface area contributed by atoms with Gasteiger partial charge in [0.05, 0.1) is 18.4 Å². The van der Waals surface area contributed by atoms with E-state index in [1.807, 2.05) is 6.92 Å². The smallest absolute Gasteiger partial charge is 0.337 e. The molecule has 7 heteroatoms. The van der Waals surface area contributed by atoms with Crippen LogP contribution in [0.25, 0.3) is 0 Å². The molecular formula is C12H16N2O4S. The van der Waals surface area contributed by atoms with E-state index in [-0.39, 0.29) is 21.7 Å². The van der Waals surface area contributed by atoms with Gasteiger partial charge in [0.2, 0.25) is 10.0 Å². The zero-order valence-electron chi connectivity index (χ0n) is 10.8. The van der Waals surface area contributed by atoms with Crippen molar-refractivity contribution in [1.82, 2.24) is 4.72 Å². The summed E-state index contributed by atoms with van der Waals surface area (Å²) in [5, 5.41) is 0. The first-order valence-corrected chi connectivity index (χ1v) is 7.28. The fourth-order valence-corrected chi connectivity index (χ4v) is 3.29. The Kier molecular flexibility index (Phi) is 3.27. The quantitative estimate of drug-likeness (QED) is 0.632. The standard InChI is InChI=1S/C12H16N2O4S/c1-12(5-6-12)14-19(16,17)10-4-3-8(7-9(10)13)11(15)18-2/h3-4,7,14H,5-6,13H2,1-2H3. The number of methoxy groups -OCH3 is 1. The Hall–Kier alpha value is -1.60. The summed E-state index contributed by atoms with van der Waals surface area (Å²) in [6.45, 7) is 1.84. The number of sulfonamides is 1. The molecule has 0 heterocycles. The van der Waals surface area contributed by atoms with Crippen LogP contribution in [-0.4, -0.2) is 27.0 Å². The molecule has 1 aliphatic carbocycles. The Bertz CT molecular complexity index is 621. The summed E-state index contributed by atoms with van der Waals surface area (Å²) < 4.78 is 31.5. The minimum atomic E-state index is -3.66. The first-order chi connectivity index (χ1) is 8.77. The van der Waals surface area contributed by atoms with Crippen LogP contribution in [0.15, 0.2) is 23.1 Å². The van der Waals surface area contributed by atoms with Crippen molar-refractivity contribution in [2.45, 2.75) is 30.2 Å². The average molecular weight is 284 g/mol. The average Bonchev–Trinajstić information content (AvgIpc) is 3.04. The van der Waals surface area contributed by atoms with Crippen molar-refractivity contribution in [3.8, 4) is 0 Å². The fourth-order valence-electron chi connectivity index (χ4n) is 1.71. The van der Waals surface area contributed by atoms with E-state index >= 15 is 0 Å². The van der Waals surface area contributed by atoms with Crippen LogP contribution in [0.2, 0.25) is 0 Å². The normalized spacial score (nSPS) is 16.9. The number of carbonyl (C=O) groups is 1. The van der Waals surface area contributed by atoms with Crippen LogP contribution in [0.1, 0.15) is 30.1 Å². The van der Waals surface area contributed by atoms with Crippen molar-refractivity contribution in [3.63, 3.8) is 0 Å². The third kappa shape index (κ3) is 2.87. The minimum absolute atomic E-state index is 0.0201. The van der Waals surface area contributed by atoms with E-state index in [2.05, 4.69) is 9.46 Å². The molecule has 1 aromatic carbocycles. The second-order valence-electron chi connectivity index (χ2n) is 4.91. The number of nitrogens with two attached hydrogens (primary N) is 1. The molecule has 0 aromatic heterocycles. The molecule has 1 aromatic rings. The van der Waals surface area contributed by atoms with E-state index < -0.39 is 16.0 Å². The zero-order valence-corrected chi connectivity index (χ0v) is 11.6. The third-order valence-corrected chi connectivity index (χ3v) is 4.81. The molecule has 0 bridgehead atoms. The molecule has 0 saturated heterocycles. The molecule has 0 spiro atoms. The molecule has 0 aliphatic heterocycles. The highest BCUT2D eigenvalue weighted by Crippen LogP contribution is 2.36. The van der Waals surface area contributed by atoms with Crippen LogP contribution in [-0.2, 0) is 14.8 Å². The van der Waals surface area contributed by atoms with Crippen LogP contribution in [0.5, 0.6) is 0 Å². The van der Waals surface area contributed by atoms with Crippen molar-refractivity contribution in [1.29, 1.82) is 0 Å². The van der Waals surface area contributed by atoms with Crippen molar-refractivity contribution in [2.75, 3.05) is 12.8 Å². The van der Waals surface area contributed by atoms with Crippen LogP contribution < -0.4 is 10.5 Å². The summed E-state index contributed by atoms with van der Waals surface area (Å²) >= 11 is 0. The summed E-state index contributed by atoms with van der Waals surface area (Å²) in [4.78, 5) is 11.3. The summed E-state index contributed by atoms with van der Waals surface area (Å²) in [6, 6.07) is 4.00. The molecule has 6 nitrogen and oxygen atoms in total. The molecule has 1 saturated carbocycles. The maximum atomic E-state index is 12.2. The monoisotopic (exact) mass is 284 g/mol. The van der Waals surface area contributed by atoms with Gasteiger partial charge in [-0.3, -0.25) is 0 Å². The molecule has 0 radical (unpaired) electrons. The van der Waals surface area contributed by atoms with Crippen LogP contribution in [0.4, 0.5) is 5.69 Å². The predicted octanol–water partition coefficient (Wildman–Crippen LogP) is 0.886. The number of carbonyl (C=O) groups excluding carboxylic acids is 1. The lowest BCUT2D eigenvalue weighted by atomic mass is 10.2. The van der Waals surface area contributed by atoms with E-state index in [9.17, 15) is 13.2 Å². The van der Waals surface area contributed by atoms with Gasteiger partial charge in [-0.2, -0.15) is 0 Å². The van der Waals surface area contributed by atoms with Gasteiger partial charge in [0.15, 0.2) is 0 Å². The SMILES string of the molecule is COC(=O)c1ccc(S(=O)(=O)NC2(C)CC2)c(N)c1. The summed E-state index contributed by atoms with van der Waals surface area (Å²) in [6.07, 6.45) is 1.62. The summed E-state index contributed by atoms with van der Waals surface area (Å²) in [7, 11) is -2.41. The maximum Gasteiger partial charge on any atom is 0.337 e. The first-order valence-electron chi connectivity index (χ1n) is 5.79. The van der Waals surface area contributed by atoms with Gasteiger partial charge in [-0.25, -0.2) is 17.9 Å². The van der Waals surface area contributed by atoms with Crippen molar-refractivity contribution in [2.24, 2.45) is 0 Å². The molecule has 1 aliphatic rings. The zero-order chi connectivity index (χ0) is 14.3. The lowest BCUT2D eigenvalue weighted by Crippen LogP contribution is -2.34. The number of ether oxygens (including phenoxy) is 1. The Balaban J connectivity index is 2.33. The van der Waals surface area contributed by atoms with Gasteiger partial charge in [0.1, 0.15) is 4.90 Å². The van der Waals surface area contributed by atoms with E-state index in [0.717, 1.165) is 12.8 Å². The van der Waals surface area contributed by atoms with Gasteiger partial charge < -0.3 is 10.5 Å². The van der Waals surface area contributed by atoms with Gasteiger partial charge in [-0.15, -0.1) is 0 Å². The van der Waals surface area contributed by atoms with Crippen molar-refractivity contribution in [3.05, 3.63) is 23.8 Å². The number of rotatable bonds is 4. The molecule has 0 amide bonds. The van der Waals surface area contributed by atoms with E-state index in [0.29, 0.717) is 0 Å². The number of benzene rings is 1. The van der Waals surface area contributed by atoms with Gasteiger partial charge in [-0.1, -0.05) is 0 Å². The van der Waals surface area contributed by atoms with Gasteiger partial charge in [0.25, 0.3) is 0 Å². The molecule has 0 unspecified atom stereocenters. The van der Waals surface area contributed by atoms with Gasteiger partial charge >= 0.3 is 5.97 Å². The van der Waals surface area contributed by atoms with Crippen molar-refractivity contribution < 1.29 is 17.9 Å². The van der Waals surface area contributed by atoms with E-state index in [1.54, 1.807) is 0 Å². The highest BCUT2D eigenvalue weighted by Gasteiger charge is 2.41. The van der Waals surface area contributed by atoms with Gasteiger partial charge in [0, 0.05) is 5.54 Å². The second kappa shape index (κ2) is 4.50.